The minimum absolute atomic E-state index is 0.106. The minimum atomic E-state index is -0.399. The predicted molar refractivity (Wildman–Crippen MR) is 95.9 cm³/mol. The maximum Gasteiger partial charge on any atom is 0.247 e. The summed E-state index contributed by atoms with van der Waals surface area (Å²) in [6, 6.07) is 11.5. The Balaban J connectivity index is 2.00. The molecule has 23 heavy (non-hydrogen) atoms. The summed E-state index contributed by atoms with van der Waals surface area (Å²) in [5, 5.41) is 17.3. The van der Waals surface area contributed by atoms with Crippen molar-refractivity contribution in [3.63, 3.8) is 0 Å². The molecule has 1 heterocycles. The Bertz CT molecular complexity index is 720. The number of hydrogen-bond donors (Lipinski definition) is 2. The SMILES string of the molecule is CC(Nc1ccc(C(C)(C)C)cc1)C(=O)Nc1sccc1C#N. The molecule has 5 heteroatoms. The fourth-order valence-corrected chi connectivity index (χ4v) is 2.84. The second-order valence-corrected chi connectivity index (χ2v) is 7.37. The molecule has 120 valence electrons. The zero-order chi connectivity index (χ0) is 17.0. The lowest BCUT2D eigenvalue weighted by Gasteiger charge is -2.20. The lowest BCUT2D eigenvalue weighted by atomic mass is 9.87. The van der Waals surface area contributed by atoms with Crippen LogP contribution in [0.2, 0.25) is 0 Å². The third-order valence-corrected chi connectivity index (χ3v) is 4.38. The molecule has 0 saturated heterocycles. The Morgan fingerprint density at radius 2 is 1.87 bits per heavy atom. The first-order valence-corrected chi connectivity index (χ1v) is 8.35. The van der Waals surface area contributed by atoms with Gasteiger partial charge in [-0.3, -0.25) is 4.79 Å². The van der Waals surface area contributed by atoms with Crippen molar-refractivity contribution in [2.75, 3.05) is 10.6 Å². The molecule has 0 bridgehead atoms. The van der Waals surface area contributed by atoms with Crippen molar-refractivity contribution in [1.29, 1.82) is 5.26 Å². The Morgan fingerprint density at radius 1 is 1.22 bits per heavy atom. The van der Waals surface area contributed by atoms with Gasteiger partial charge in [0.1, 0.15) is 17.1 Å². The van der Waals surface area contributed by atoms with Crippen LogP contribution in [0.4, 0.5) is 10.7 Å². The van der Waals surface area contributed by atoms with Crippen LogP contribution in [0.3, 0.4) is 0 Å². The highest BCUT2D eigenvalue weighted by atomic mass is 32.1. The summed E-state index contributed by atoms with van der Waals surface area (Å²) in [5.74, 6) is -0.163. The number of amides is 1. The third-order valence-electron chi connectivity index (χ3n) is 3.55. The molecule has 1 aromatic heterocycles. The van der Waals surface area contributed by atoms with E-state index in [1.807, 2.05) is 12.1 Å². The second kappa shape index (κ2) is 6.84. The first-order valence-electron chi connectivity index (χ1n) is 7.47. The molecule has 1 atom stereocenters. The molecule has 4 nitrogen and oxygen atoms in total. The van der Waals surface area contributed by atoms with Gasteiger partial charge in [0.05, 0.1) is 5.56 Å². The van der Waals surface area contributed by atoms with Crippen molar-refractivity contribution in [2.45, 2.75) is 39.2 Å². The molecule has 0 spiro atoms. The van der Waals surface area contributed by atoms with Gasteiger partial charge in [-0.05, 0) is 41.5 Å². The van der Waals surface area contributed by atoms with Gasteiger partial charge >= 0.3 is 0 Å². The molecular weight excluding hydrogens is 306 g/mol. The molecule has 1 amide bonds. The maximum absolute atomic E-state index is 12.2. The number of carbonyl (C=O) groups excluding carboxylic acids is 1. The van der Waals surface area contributed by atoms with E-state index in [2.05, 4.69) is 49.6 Å². The third kappa shape index (κ3) is 4.33. The number of carbonyl (C=O) groups is 1. The van der Waals surface area contributed by atoms with Crippen molar-refractivity contribution < 1.29 is 4.79 Å². The van der Waals surface area contributed by atoms with Gasteiger partial charge in [-0.25, -0.2) is 0 Å². The molecule has 0 aliphatic rings. The van der Waals surface area contributed by atoms with Crippen LogP contribution in [-0.2, 0) is 10.2 Å². The van der Waals surface area contributed by atoms with Crippen LogP contribution in [0.25, 0.3) is 0 Å². The lowest BCUT2D eigenvalue weighted by molar-refractivity contribution is -0.116. The van der Waals surface area contributed by atoms with Crippen molar-refractivity contribution in [1.82, 2.24) is 0 Å². The first kappa shape index (κ1) is 17.0. The minimum Gasteiger partial charge on any atom is -0.374 e. The topological polar surface area (TPSA) is 64.9 Å². The number of nitriles is 1. The van der Waals surface area contributed by atoms with Gasteiger partial charge < -0.3 is 10.6 Å². The van der Waals surface area contributed by atoms with E-state index in [9.17, 15) is 4.79 Å². The van der Waals surface area contributed by atoms with Crippen LogP contribution in [0, 0.1) is 11.3 Å². The summed E-state index contributed by atoms with van der Waals surface area (Å²) in [6.45, 7) is 8.30. The van der Waals surface area contributed by atoms with E-state index < -0.39 is 6.04 Å². The predicted octanol–water partition coefficient (Wildman–Crippen LogP) is 4.36. The molecule has 0 aliphatic heterocycles. The number of nitrogens with zero attached hydrogens (tertiary/aromatic N) is 1. The van der Waals surface area contributed by atoms with Gasteiger partial charge in [0, 0.05) is 5.69 Å². The molecule has 2 N–H and O–H groups in total. The summed E-state index contributed by atoms with van der Waals surface area (Å²) in [7, 11) is 0. The van der Waals surface area contributed by atoms with Gasteiger partial charge in [0.15, 0.2) is 0 Å². The number of nitrogens with one attached hydrogen (secondary N) is 2. The first-order chi connectivity index (χ1) is 10.8. The molecule has 1 aromatic carbocycles. The van der Waals surface area contributed by atoms with Crippen LogP contribution in [0.5, 0.6) is 0 Å². The number of anilines is 2. The number of thiophene rings is 1. The highest BCUT2D eigenvalue weighted by Gasteiger charge is 2.16. The molecule has 2 rings (SSSR count). The van der Waals surface area contributed by atoms with E-state index >= 15 is 0 Å². The van der Waals surface area contributed by atoms with E-state index in [0.29, 0.717) is 10.6 Å². The highest BCUT2D eigenvalue weighted by Crippen LogP contribution is 2.24. The van der Waals surface area contributed by atoms with Crippen molar-refractivity contribution in [3.05, 3.63) is 46.8 Å². The second-order valence-electron chi connectivity index (χ2n) is 6.46. The van der Waals surface area contributed by atoms with Crippen LogP contribution < -0.4 is 10.6 Å². The summed E-state index contributed by atoms with van der Waals surface area (Å²) < 4.78 is 0. The molecule has 1 unspecified atom stereocenters. The van der Waals surface area contributed by atoms with E-state index in [4.69, 9.17) is 5.26 Å². The summed E-state index contributed by atoms with van der Waals surface area (Å²) in [5.41, 5.74) is 2.74. The zero-order valence-electron chi connectivity index (χ0n) is 13.8. The molecule has 0 saturated carbocycles. The fraction of sp³-hybridized carbons (Fsp3) is 0.333. The smallest absolute Gasteiger partial charge is 0.247 e. The van der Waals surface area contributed by atoms with Crippen molar-refractivity contribution in [3.8, 4) is 6.07 Å². The van der Waals surface area contributed by atoms with Crippen LogP contribution in [0.15, 0.2) is 35.7 Å². The molecule has 0 fully saturated rings. The Morgan fingerprint density at radius 3 is 2.43 bits per heavy atom. The van der Waals surface area contributed by atoms with Crippen molar-refractivity contribution >= 4 is 27.9 Å². The zero-order valence-corrected chi connectivity index (χ0v) is 14.6. The molecule has 2 aromatic rings. The maximum atomic E-state index is 12.2. The monoisotopic (exact) mass is 327 g/mol. The lowest BCUT2D eigenvalue weighted by Crippen LogP contribution is -2.31. The number of rotatable bonds is 4. The number of hydrogen-bond acceptors (Lipinski definition) is 4. The van der Waals surface area contributed by atoms with Crippen LogP contribution in [-0.4, -0.2) is 11.9 Å². The average Bonchev–Trinajstić information content (AvgIpc) is 2.94. The summed E-state index contributed by atoms with van der Waals surface area (Å²) >= 11 is 1.35. The number of benzene rings is 1. The Labute approximate surface area is 141 Å². The molecule has 0 radical (unpaired) electrons. The van der Waals surface area contributed by atoms with Crippen molar-refractivity contribution in [2.24, 2.45) is 0 Å². The standard InChI is InChI=1S/C18H21N3OS/c1-12(16(22)21-17-13(11-19)9-10-23-17)20-15-7-5-14(6-8-15)18(2,3)4/h5-10,12,20H,1-4H3,(H,21,22). The van der Waals surface area contributed by atoms with Gasteiger partial charge in [-0.2, -0.15) is 5.26 Å². The van der Waals surface area contributed by atoms with Crippen LogP contribution >= 0.6 is 11.3 Å². The molecule has 0 aliphatic carbocycles. The Hall–Kier alpha value is -2.32. The van der Waals surface area contributed by atoms with Gasteiger partial charge in [-0.15, -0.1) is 11.3 Å². The van der Waals surface area contributed by atoms with E-state index in [-0.39, 0.29) is 11.3 Å². The van der Waals surface area contributed by atoms with E-state index in [1.54, 1.807) is 18.4 Å². The Kier molecular flexibility index (Phi) is 5.07. The van der Waals surface area contributed by atoms with Gasteiger partial charge in [0.2, 0.25) is 5.91 Å². The van der Waals surface area contributed by atoms with E-state index in [0.717, 1.165) is 5.69 Å². The average molecular weight is 327 g/mol. The highest BCUT2D eigenvalue weighted by molar-refractivity contribution is 7.14. The van der Waals surface area contributed by atoms with Gasteiger partial charge in [0.25, 0.3) is 0 Å². The van der Waals surface area contributed by atoms with Gasteiger partial charge in [-0.1, -0.05) is 32.9 Å². The summed E-state index contributed by atoms with van der Waals surface area (Å²) in [4.78, 5) is 12.2. The quantitative estimate of drug-likeness (QED) is 0.877. The molecular formula is C18H21N3OS. The normalized spacial score (nSPS) is 12.3. The largest absolute Gasteiger partial charge is 0.374 e. The summed E-state index contributed by atoms with van der Waals surface area (Å²) in [6.07, 6.45) is 0. The van der Waals surface area contributed by atoms with Crippen LogP contribution in [0.1, 0.15) is 38.8 Å². The fourth-order valence-electron chi connectivity index (χ4n) is 2.10. The van der Waals surface area contributed by atoms with E-state index in [1.165, 1.54) is 16.9 Å².